The number of ether oxygens (including phenoxy) is 1. The van der Waals surface area contributed by atoms with E-state index in [1.54, 1.807) is 7.05 Å². The fourth-order valence-corrected chi connectivity index (χ4v) is 2.59. The molecule has 8 nitrogen and oxygen atoms in total. The first-order chi connectivity index (χ1) is 14.3. The Hall–Kier alpha value is -3.55. The number of carbonyl (C=O) groups is 3. The maximum Gasteiger partial charge on any atom is 0.317 e. The zero-order valence-electron chi connectivity index (χ0n) is 17.5. The van der Waals surface area contributed by atoms with Crippen LogP contribution in [0.3, 0.4) is 0 Å². The van der Waals surface area contributed by atoms with Gasteiger partial charge in [-0.15, -0.1) is 0 Å². The highest BCUT2D eigenvalue weighted by molar-refractivity contribution is 5.83. The van der Waals surface area contributed by atoms with Crippen molar-refractivity contribution in [1.29, 1.82) is 0 Å². The molecule has 0 aromatic heterocycles. The van der Waals surface area contributed by atoms with E-state index in [2.05, 4.69) is 16.2 Å². The molecule has 0 aliphatic carbocycles. The van der Waals surface area contributed by atoms with Gasteiger partial charge >= 0.3 is 6.03 Å². The van der Waals surface area contributed by atoms with Gasteiger partial charge in [-0.05, 0) is 36.6 Å². The molecule has 0 aliphatic heterocycles. The van der Waals surface area contributed by atoms with Crippen molar-refractivity contribution in [3.05, 3.63) is 65.2 Å². The number of hydrogen-bond acceptors (Lipinski definition) is 4. The molecular formula is C22H28N4O4. The fourth-order valence-electron chi connectivity index (χ4n) is 2.59. The topological polar surface area (TPSA) is 99.8 Å². The molecule has 0 unspecified atom stereocenters. The fraction of sp³-hybridized carbons (Fsp3) is 0.318. The van der Waals surface area contributed by atoms with Crippen LogP contribution in [0.2, 0.25) is 0 Å². The number of rotatable bonds is 8. The molecule has 160 valence electrons. The summed E-state index contributed by atoms with van der Waals surface area (Å²) in [4.78, 5) is 37.3. The quantitative estimate of drug-likeness (QED) is 0.578. The van der Waals surface area contributed by atoms with Gasteiger partial charge in [0, 0.05) is 26.6 Å². The van der Waals surface area contributed by atoms with E-state index in [0.717, 1.165) is 16.7 Å². The van der Waals surface area contributed by atoms with Crippen molar-refractivity contribution in [2.75, 3.05) is 20.2 Å². The van der Waals surface area contributed by atoms with Crippen molar-refractivity contribution >= 4 is 17.8 Å². The molecule has 8 heteroatoms. The maximum absolute atomic E-state index is 12.1. The van der Waals surface area contributed by atoms with Crippen molar-refractivity contribution in [1.82, 2.24) is 21.1 Å². The number of benzene rings is 2. The van der Waals surface area contributed by atoms with Crippen LogP contribution < -0.4 is 20.9 Å². The second-order valence-electron chi connectivity index (χ2n) is 6.98. The third-order valence-electron chi connectivity index (χ3n) is 4.28. The number of urea groups is 1. The Bertz CT molecular complexity index is 871. The predicted molar refractivity (Wildman–Crippen MR) is 114 cm³/mol. The average Bonchev–Trinajstić information content (AvgIpc) is 2.73. The molecule has 0 radical (unpaired) electrons. The Morgan fingerprint density at radius 1 is 0.967 bits per heavy atom. The number of amides is 4. The summed E-state index contributed by atoms with van der Waals surface area (Å²) in [6.07, 6.45) is 0.0308. The van der Waals surface area contributed by atoms with E-state index in [1.165, 1.54) is 4.90 Å². The SMILES string of the molecule is Cc1ccc(C)c(OCC(=O)NNC(=O)CCNC(=O)N(C)Cc2ccccc2)c1. The molecule has 0 heterocycles. The standard InChI is InChI=1S/C22H28N4O4/c1-16-9-10-17(2)19(13-16)30-15-21(28)25-24-20(27)11-12-23-22(29)26(3)14-18-7-5-4-6-8-18/h4-10,13H,11-12,14-15H2,1-3H3,(H,23,29)(H,24,27)(H,25,28). The van der Waals surface area contributed by atoms with E-state index in [-0.39, 0.29) is 25.6 Å². The van der Waals surface area contributed by atoms with E-state index < -0.39 is 11.8 Å². The van der Waals surface area contributed by atoms with Crippen LogP contribution in [-0.4, -0.2) is 42.9 Å². The second kappa shape index (κ2) is 11.5. The van der Waals surface area contributed by atoms with Gasteiger partial charge in [0.2, 0.25) is 5.91 Å². The molecule has 2 aromatic rings. The summed E-state index contributed by atoms with van der Waals surface area (Å²) in [5, 5.41) is 2.67. The summed E-state index contributed by atoms with van der Waals surface area (Å²) in [6.45, 7) is 4.23. The largest absolute Gasteiger partial charge is 0.483 e. The van der Waals surface area contributed by atoms with Crippen molar-refractivity contribution < 1.29 is 19.1 Å². The number of aryl methyl sites for hydroxylation is 2. The van der Waals surface area contributed by atoms with Gasteiger partial charge in [-0.1, -0.05) is 42.5 Å². The van der Waals surface area contributed by atoms with Crippen molar-refractivity contribution in [3.63, 3.8) is 0 Å². The van der Waals surface area contributed by atoms with Crippen molar-refractivity contribution in [3.8, 4) is 5.75 Å². The molecule has 2 aromatic carbocycles. The lowest BCUT2D eigenvalue weighted by Crippen LogP contribution is -2.45. The van der Waals surface area contributed by atoms with Crippen LogP contribution in [0, 0.1) is 13.8 Å². The van der Waals surface area contributed by atoms with Crippen LogP contribution in [0.5, 0.6) is 5.75 Å². The molecular weight excluding hydrogens is 384 g/mol. The summed E-state index contributed by atoms with van der Waals surface area (Å²) in [5.41, 5.74) is 7.56. The minimum Gasteiger partial charge on any atom is -0.483 e. The van der Waals surface area contributed by atoms with E-state index in [0.29, 0.717) is 12.3 Å². The Balaban J connectivity index is 1.61. The van der Waals surface area contributed by atoms with E-state index in [9.17, 15) is 14.4 Å². The van der Waals surface area contributed by atoms with Crippen LogP contribution in [0.15, 0.2) is 48.5 Å². The smallest absolute Gasteiger partial charge is 0.317 e. The van der Waals surface area contributed by atoms with Gasteiger partial charge in [0.1, 0.15) is 5.75 Å². The summed E-state index contributed by atoms with van der Waals surface area (Å²) >= 11 is 0. The van der Waals surface area contributed by atoms with E-state index in [4.69, 9.17) is 4.74 Å². The molecule has 0 saturated heterocycles. The third-order valence-corrected chi connectivity index (χ3v) is 4.28. The minimum absolute atomic E-state index is 0.0308. The van der Waals surface area contributed by atoms with Gasteiger partial charge in [-0.25, -0.2) is 4.79 Å². The second-order valence-corrected chi connectivity index (χ2v) is 6.98. The highest BCUT2D eigenvalue weighted by atomic mass is 16.5. The summed E-state index contributed by atoms with van der Waals surface area (Å²) in [7, 11) is 1.68. The van der Waals surface area contributed by atoms with Crippen molar-refractivity contribution in [2.24, 2.45) is 0 Å². The normalized spacial score (nSPS) is 10.1. The molecule has 0 bridgehead atoms. The minimum atomic E-state index is -0.476. The number of hydrazine groups is 1. The Morgan fingerprint density at radius 3 is 2.40 bits per heavy atom. The first-order valence-electron chi connectivity index (χ1n) is 9.66. The molecule has 0 atom stereocenters. The third kappa shape index (κ3) is 7.83. The molecule has 30 heavy (non-hydrogen) atoms. The first kappa shape index (κ1) is 22.7. The molecule has 0 spiro atoms. The van der Waals surface area contributed by atoms with Gasteiger partial charge in [-0.2, -0.15) is 0 Å². The van der Waals surface area contributed by atoms with Crippen LogP contribution in [0.1, 0.15) is 23.1 Å². The predicted octanol–water partition coefficient (Wildman–Crippen LogP) is 2.06. The first-order valence-corrected chi connectivity index (χ1v) is 9.66. The van der Waals surface area contributed by atoms with E-state index in [1.807, 2.05) is 62.4 Å². The lowest BCUT2D eigenvalue weighted by molar-refractivity contribution is -0.129. The molecule has 2 rings (SSSR count). The monoisotopic (exact) mass is 412 g/mol. The molecule has 4 amide bonds. The number of nitrogens with one attached hydrogen (secondary N) is 3. The Labute approximate surface area is 176 Å². The van der Waals surface area contributed by atoms with Crippen LogP contribution in [0.4, 0.5) is 4.79 Å². The van der Waals surface area contributed by atoms with Gasteiger partial charge in [-0.3, -0.25) is 20.4 Å². The zero-order chi connectivity index (χ0) is 21.9. The van der Waals surface area contributed by atoms with Gasteiger partial charge < -0.3 is 15.0 Å². The highest BCUT2D eigenvalue weighted by Crippen LogP contribution is 2.18. The lowest BCUT2D eigenvalue weighted by atomic mass is 10.1. The van der Waals surface area contributed by atoms with Crippen LogP contribution >= 0.6 is 0 Å². The van der Waals surface area contributed by atoms with E-state index >= 15 is 0 Å². The molecule has 0 saturated carbocycles. The lowest BCUT2D eigenvalue weighted by Gasteiger charge is -2.18. The molecule has 0 fully saturated rings. The van der Waals surface area contributed by atoms with Crippen molar-refractivity contribution in [2.45, 2.75) is 26.8 Å². The van der Waals surface area contributed by atoms with Gasteiger partial charge in [0.05, 0.1) is 0 Å². The Kier molecular flexibility index (Phi) is 8.68. The summed E-state index contributed by atoms with van der Waals surface area (Å²) in [5.74, 6) is -0.268. The van der Waals surface area contributed by atoms with Gasteiger partial charge in [0.25, 0.3) is 5.91 Å². The average molecular weight is 412 g/mol. The van der Waals surface area contributed by atoms with Crippen LogP contribution in [-0.2, 0) is 16.1 Å². The number of hydrogen-bond donors (Lipinski definition) is 3. The summed E-state index contributed by atoms with van der Waals surface area (Å²) < 4.78 is 5.47. The number of nitrogens with zero attached hydrogens (tertiary/aromatic N) is 1. The molecule has 0 aliphatic rings. The van der Waals surface area contributed by atoms with Crippen LogP contribution in [0.25, 0.3) is 0 Å². The Morgan fingerprint density at radius 2 is 1.67 bits per heavy atom. The molecule has 3 N–H and O–H groups in total. The highest BCUT2D eigenvalue weighted by Gasteiger charge is 2.10. The zero-order valence-corrected chi connectivity index (χ0v) is 17.5. The number of carbonyl (C=O) groups excluding carboxylic acids is 3. The van der Waals surface area contributed by atoms with Gasteiger partial charge in [0.15, 0.2) is 6.61 Å². The maximum atomic E-state index is 12.1. The summed E-state index contributed by atoms with van der Waals surface area (Å²) in [6, 6.07) is 15.0.